The number of aliphatic carboxylic acids is 1. The standard InChI is InChI=1S/C16H20F3NO3/c1-9(2)13(15(22)23)20-14(21)10(3)8-11-4-6-12(7-5-11)16(17,18)19/h4-7,9-10,13H,8H2,1-3H3,(H,20,21)(H,22,23)/t10?,13-/m0/s1. The van der Waals surface area contributed by atoms with Gasteiger partial charge in [0.05, 0.1) is 5.56 Å². The van der Waals surface area contributed by atoms with Crippen LogP contribution in [-0.2, 0) is 22.2 Å². The van der Waals surface area contributed by atoms with E-state index in [1.807, 2.05) is 0 Å². The molecule has 1 aromatic carbocycles. The van der Waals surface area contributed by atoms with Gasteiger partial charge in [-0.1, -0.05) is 32.9 Å². The van der Waals surface area contributed by atoms with Crippen molar-refractivity contribution in [2.75, 3.05) is 0 Å². The van der Waals surface area contributed by atoms with Crippen LogP contribution in [0.5, 0.6) is 0 Å². The fourth-order valence-corrected chi connectivity index (χ4v) is 2.09. The van der Waals surface area contributed by atoms with Gasteiger partial charge < -0.3 is 10.4 Å². The molecule has 23 heavy (non-hydrogen) atoms. The number of alkyl halides is 3. The molecule has 2 atom stereocenters. The molecule has 0 saturated carbocycles. The Morgan fingerprint density at radius 3 is 2.04 bits per heavy atom. The quantitative estimate of drug-likeness (QED) is 0.842. The zero-order valence-electron chi connectivity index (χ0n) is 13.1. The number of carboxylic acids is 1. The number of benzene rings is 1. The lowest BCUT2D eigenvalue weighted by Crippen LogP contribution is -2.46. The predicted octanol–water partition coefficient (Wildman–Crippen LogP) is 3.11. The van der Waals surface area contributed by atoms with Crippen LogP contribution in [0.1, 0.15) is 31.9 Å². The summed E-state index contributed by atoms with van der Waals surface area (Å²) < 4.78 is 37.5. The summed E-state index contributed by atoms with van der Waals surface area (Å²) in [5, 5.41) is 11.5. The largest absolute Gasteiger partial charge is 0.480 e. The number of carboxylic acid groups (broad SMARTS) is 1. The molecule has 4 nitrogen and oxygen atoms in total. The molecule has 1 unspecified atom stereocenters. The second-order valence-electron chi connectivity index (χ2n) is 5.87. The summed E-state index contributed by atoms with van der Waals surface area (Å²) in [4.78, 5) is 23.1. The number of carbonyl (C=O) groups is 2. The van der Waals surface area contributed by atoms with Gasteiger partial charge in [-0.2, -0.15) is 13.2 Å². The van der Waals surface area contributed by atoms with Crippen molar-refractivity contribution in [1.29, 1.82) is 0 Å². The molecule has 0 fully saturated rings. The zero-order chi connectivity index (χ0) is 17.8. The Balaban J connectivity index is 2.70. The highest BCUT2D eigenvalue weighted by Crippen LogP contribution is 2.29. The average Bonchev–Trinajstić information content (AvgIpc) is 2.43. The molecular weight excluding hydrogens is 311 g/mol. The molecule has 0 bridgehead atoms. The van der Waals surface area contributed by atoms with Crippen molar-refractivity contribution in [2.45, 2.75) is 39.4 Å². The number of nitrogens with one attached hydrogen (secondary N) is 1. The van der Waals surface area contributed by atoms with E-state index in [1.165, 1.54) is 12.1 Å². The van der Waals surface area contributed by atoms with Crippen LogP contribution in [0.25, 0.3) is 0 Å². The lowest BCUT2D eigenvalue weighted by Gasteiger charge is -2.20. The third kappa shape index (κ3) is 5.58. The molecule has 0 heterocycles. The number of halogens is 3. The van der Waals surface area contributed by atoms with E-state index in [-0.39, 0.29) is 12.3 Å². The van der Waals surface area contributed by atoms with E-state index >= 15 is 0 Å². The van der Waals surface area contributed by atoms with Crippen LogP contribution < -0.4 is 5.32 Å². The summed E-state index contributed by atoms with van der Waals surface area (Å²) in [7, 11) is 0. The molecule has 1 rings (SSSR count). The number of rotatable bonds is 6. The minimum absolute atomic E-state index is 0.231. The van der Waals surface area contributed by atoms with E-state index in [0.29, 0.717) is 5.56 Å². The first-order valence-electron chi connectivity index (χ1n) is 7.21. The summed E-state index contributed by atoms with van der Waals surface area (Å²) in [5.74, 6) is -2.37. The molecule has 0 aliphatic carbocycles. The van der Waals surface area contributed by atoms with Gasteiger partial charge in [0.2, 0.25) is 5.91 Å². The lowest BCUT2D eigenvalue weighted by molar-refractivity contribution is -0.143. The van der Waals surface area contributed by atoms with Crippen LogP contribution in [0.3, 0.4) is 0 Å². The molecule has 2 N–H and O–H groups in total. The molecule has 1 aromatic rings. The molecular formula is C16H20F3NO3. The minimum atomic E-state index is -4.40. The summed E-state index contributed by atoms with van der Waals surface area (Å²) in [6.45, 7) is 4.96. The highest BCUT2D eigenvalue weighted by molar-refractivity contribution is 5.85. The van der Waals surface area contributed by atoms with Crippen molar-refractivity contribution in [2.24, 2.45) is 11.8 Å². The number of amides is 1. The fraction of sp³-hybridized carbons (Fsp3) is 0.500. The maximum absolute atomic E-state index is 12.5. The van der Waals surface area contributed by atoms with Crippen molar-refractivity contribution < 1.29 is 27.9 Å². The van der Waals surface area contributed by atoms with Gasteiger partial charge in [-0.25, -0.2) is 4.79 Å². The average molecular weight is 331 g/mol. The summed E-state index contributed by atoms with van der Waals surface area (Å²) >= 11 is 0. The third-order valence-electron chi connectivity index (χ3n) is 3.50. The highest BCUT2D eigenvalue weighted by atomic mass is 19.4. The lowest BCUT2D eigenvalue weighted by atomic mass is 9.97. The van der Waals surface area contributed by atoms with Crippen LogP contribution in [0.15, 0.2) is 24.3 Å². The minimum Gasteiger partial charge on any atom is -0.480 e. The molecule has 0 aliphatic heterocycles. The Morgan fingerprint density at radius 2 is 1.65 bits per heavy atom. The van der Waals surface area contributed by atoms with E-state index in [4.69, 9.17) is 5.11 Å². The first kappa shape index (κ1) is 19.0. The molecule has 128 valence electrons. The Kier molecular flexibility index (Phi) is 6.18. The van der Waals surface area contributed by atoms with Crippen molar-refractivity contribution in [3.63, 3.8) is 0 Å². The van der Waals surface area contributed by atoms with E-state index in [1.54, 1.807) is 20.8 Å². The van der Waals surface area contributed by atoms with Gasteiger partial charge in [-0.15, -0.1) is 0 Å². The first-order chi connectivity index (χ1) is 10.5. The SMILES string of the molecule is CC(Cc1ccc(C(F)(F)F)cc1)C(=O)N[C@H](C(=O)O)C(C)C. The molecule has 0 aliphatic rings. The highest BCUT2D eigenvalue weighted by Gasteiger charge is 2.30. The summed E-state index contributed by atoms with van der Waals surface area (Å²) in [6.07, 6.45) is -4.16. The van der Waals surface area contributed by atoms with Crippen molar-refractivity contribution >= 4 is 11.9 Å². The molecule has 0 saturated heterocycles. The zero-order valence-corrected chi connectivity index (χ0v) is 13.1. The number of hydrogen-bond acceptors (Lipinski definition) is 2. The monoisotopic (exact) mass is 331 g/mol. The molecule has 0 aromatic heterocycles. The Hall–Kier alpha value is -2.05. The second-order valence-corrected chi connectivity index (χ2v) is 5.87. The van der Waals surface area contributed by atoms with E-state index in [0.717, 1.165) is 12.1 Å². The van der Waals surface area contributed by atoms with Gasteiger partial charge in [0.15, 0.2) is 0 Å². The number of carbonyl (C=O) groups excluding carboxylic acids is 1. The van der Waals surface area contributed by atoms with Crippen LogP contribution in [-0.4, -0.2) is 23.0 Å². The maximum Gasteiger partial charge on any atom is 0.416 e. The molecule has 0 radical (unpaired) electrons. The van der Waals surface area contributed by atoms with Gasteiger partial charge in [0, 0.05) is 5.92 Å². The van der Waals surface area contributed by atoms with E-state index < -0.39 is 35.6 Å². The van der Waals surface area contributed by atoms with Gasteiger partial charge >= 0.3 is 12.1 Å². The van der Waals surface area contributed by atoms with Crippen molar-refractivity contribution in [3.05, 3.63) is 35.4 Å². The number of hydrogen-bond donors (Lipinski definition) is 2. The molecule has 1 amide bonds. The van der Waals surface area contributed by atoms with Crippen LogP contribution in [0.2, 0.25) is 0 Å². The summed E-state index contributed by atoms with van der Waals surface area (Å²) in [6, 6.07) is 3.59. The van der Waals surface area contributed by atoms with Crippen LogP contribution in [0, 0.1) is 11.8 Å². The van der Waals surface area contributed by atoms with Crippen molar-refractivity contribution in [1.82, 2.24) is 5.32 Å². The Bertz CT molecular complexity index is 553. The Morgan fingerprint density at radius 1 is 1.13 bits per heavy atom. The van der Waals surface area contributed by atoms with Crippen LogP contribution in [0.4, 0.5) is 13.2 Å². The van der Waals surface area contributed by atoms with Gasteiger partial charge in [-0.05, 0) is 30.0 Å². The van der Waals surface area contributed by atoms with E-state index in [2.05, 4.69) is 5.32 Å². The molecule has 0 spiro atoms. The van der Waals surface area contributed by atoms with Gasteiger partial charge in [0.1, 0.15) is 6.04 Å². The van der Waals surface area contributed by atoms with Crippen molar-refractivity contribution in [3.8, 4) is 0 Å². The van der Waals surface area contributed by atoms with E-state index in [9.17, 15) is 22.8 Å². The predicted molar refractivity (Wildman–Crippen MR) is 78.7 cm³/mol. The fourth-order valence-electron chi connectivity index (χ4n) is 2.09. The van der Waals surface area contributed by atoms with Gasteiger partial charge in [0.25, 0.3) is 0 Å². The molecule has 7 heteroatoms. The maximum atomic E-state index is 12.5. The third-order valence-corrected chi connectivity index (χ3v) is 3.50. The smallest absolute Gasteiger partial charge is 0.416 e. The van der Waals surface area contributed by atoms with Crippen LogP contribution >= 0.6 is 0 Å². The van der Waals surface area contributed by atoms with Gasteiger partial charge in [-0.3, -0.25) is 4.79 Å². The summed E-state index contributed by atoms with van der Waals surface area (Å²) in [5.41, 5.74) is -0.166. The normalized spacial score (nSPS) is 14.4. The first-order valence-corrected chi connectivity index (χ1v) is 7.21. The second kappa shape index (κ2) is 7.48. The Labute approximate surface area is 132 Å². The topological polar surface area (TPSA) is 66.4 Å².